The van der Waals surface area contributed by atoms with Gasteiger partial charge in [-0.3, -0.25) is 4.79 Å². The maximum absolute atomic E-state index is 11.6. The molecule has 0 aromatic heterocycles. The predicted molar refractivity (Wildman–Crippen MR) is 58.0 cm³/mol. The number of urea groups is 1. The molecule has 5 nitrogen and oxygen atoms in total. The van der Waals surface area contributed by atoms with E-state index in [-0.39, 0.29) is 11.9 Å². The smallest absolute Gasteiger partial charge is 0.317 e. The lowest BCUT2D eigenvalue weighted by Gasteiger charge is -2.36. The zero-order chi connectivity index (χ0) is 11.7. The second kappa shape index (κ2) is 4.31. The van der Waals surface area contributed by atoms with Crippen LogP contribution in [0, 0.1) is 11.8 Å². The average Bonchev–Trinajstić information content (AvgIpc) is 2.80. The van der Waals surface area contributed by atoms with Crippen LogP contribution in [-0.2, 0) is 4.79 Å². The van der Waals surface area contributed by atoms with Gasteiger partial charge in [0, 0.05) is 19.1 Å². The van der Waals surface area contributed by atoms with Gasteiger partial charge in [-0.15, -0.1) is 0 Å². The van der Waals surface area contributed by atoms with Gasteiger partial charge in [0.2, 0.25) is 0 Å². The van der Waals surface area contributed by atoms with Crippen LogP contribution in [0.4, 0.5) is 4.79 Å². The summed E-state index contributed by atoms with van der Waals surface area (Å²) < 4.78 is 0. The van der Waals surface area contributed by atoms with E-state index in [0.29, 0.717) is 25.0 Å². The van der Waals surface area contributed by atoms with Crippen molar-refractivity contribution < 1.29 is 14.7 Å². The van der Waals surface area contributed by atoms with Gasteiger partial charge in [0.15, 0.2) is 0 Å². The van der Waals surface area contributed by atoms with E-state index in [9.17, 15) is 9.59 Å². The number of carbonyl (C=O) groups excluding carboxylic acids is 1. The minimum Gasteiger partial charge on any atom is -0.481 e. The van der Waals surface area contributed by atoms with Crippen LogP contribution in [0.3, 0.4) is 0 Å². The highest BCUT2D eigenvalue weighted by Gasteiger charge is 2.41. The molecule has 1 heterocycles. The summed E-state index contributed by atoms with van der Waals surface area (Å²) >= 11 is 0. The normalized spacial score (nSPS) is 28.4. The molecule has 1 saturated heterocycles. The molecule has 16 heavy (non-hydrogen) atoms. The highest BCUT2D eigenvalue weighted by atomic mass is 16.4. The van der Waals surface area contributed by atoms with Gasteiger partial charge >= 0.3 is 12.0 Å². The summed E-state index contributed by atoms with van der Waals surface area (Å²) in [7, 11) is 0. The van der Waals surface area contributed by atoms with Crippen molar-refractivity contribution in [3.8, 4) is 0 Å². The first kappa shape index (κ1) is 11.2. The minimum absolute atomic E-state index is 0.0962. The SMILES string of the molecule is CCCC1CC1NC(=O)N1CC(C(=O)O)C1. The Labute approximate surface area is 94.8 Å². The van der Waals surface area contributed by atoms with Gasteiger partial charge in [0.1, 0.15) is 0 Å². The first-order chi connectivity index (χ1) is 7.61. The fourth-order valence-electron chi connectivity index (χ4n) is 2.16. The zero-order valence-corrected chi connectivity index (χ0v) is 9.48. The van der Waals surface area contributed by atoms with Crippen molar-refractivity contribution in [1.82, 2.24) is 10.2 Å². The van der Waals surface area contributed by atoms with E-state index in [1.807, 2.05) is 0 Å². The number of aliphatic carboxylic acids is 1. The van der Waals surface area contributed by atoms with Crippen molar-refractivity contribution in [2.24, 2.45) is 11.8 Å². The predicted octanol–water partition coefficient (Wildman–Crippen LogP) is 0.901. The lowest BCUT2D eigenvalue weighted by atomic mass is 10.0. The van der Waals surface area contributed by atoms with E-state index in [0.717, 1.165) is 12.8 Å². The summed E-state index contributed by atoms with van der Waals surface area (Å²) in [4.78, 5) is 23.7. The molecule has 2 aliphatic rings. The highest BCUT2D eigenvalue weighted by molar-refractivity contribution is 5.80. The topological polar surface area (TPSA) is 69.6 Å². The number of hydrogen-bond donors (Lipinski definition) is 2. The molecular weight excluding hydrogens is 208 g/mol. The van der Waals surface area contributed by atoms with Crippen LogP contribution in [-0.4, -0.2) is 41.1 Å². The molecule has 2 amide bonds. The number of amides is 2. The third-order valence-corrected chi connectivity index (χ3v) is 3.41. The molecule has 1 aliphatic carbocycles. The van der Waals surface area contributed by atoms with Crippen LogP contribution in [0.15, 0.2) is 0 Å². The van der Waals surface area contributed by atoms with Gasteiger partial charge in [0.25, 0.3) is 0 Å². The van der Waals surface area contributed by atoms with E-state index in [2.05, 4.69) is 12.2 Å². The van der Waals surface area contributed by atoms with E-state index < -0.39 is 5.97 Å². The van der Waals surface area contributed by atoms with Crippen molar-refractivity contribution in [2.75, 3.05) is 13.1 Å². The number of likely N-dealkylation sites (tertiary alicyclic amines) is 1. The molecule has 5 heteroatoms. The van der Waals surface area contributed by atoms with Crippen LogP contribution in [0.5, 0.6) is 0 Å². The Morgan fingerprint density at radius 2 is 2.12 bits per heavy atom. The van der Waals surface area contributed by atoms with Crippen molar-refractivity contribution in [3.63, 3.8) is 0 Å². The first-order valence-corrected chi connectivity index (χ1v) is 5.90. The summed E-state index contributed by atoms with van der Waals surface area (Å²) in [6, 6.07) is 0.234. The van der Waals surface area contributed by atoms with Crippen molar-refractivity contribution >= 4 is 12.0 Å². The molecule has 2 N–H and O–H groups in total. The molecule has 2 unspecified atom stereocenters. The molecule has 2 atom stereocenters. The molecule has 1 saturated carbocycles. The lowest BCUT2D eigenvalue weighted by molar-refractivity contribution is -0.146. The minimum atomic E-state index is -0.806. The number of carboxylic acid groups (broad SMARTS) is 1. The Hall–Kier alpha value is -1.26. The molecule has 0 spiro atoms. The Morgan fingerprint density at radius 3 is 2.69 bits per heavy atom. The Balaban J connectivity index is 1.65. The number of carboxylic acids is 1. The summed E-state index contributed by atoms with van der Waals surface area (Å²) in [5, 5.41) is 11.6. The summed E-state index contributed by atoms with van der Waals surface area (Å²) in [6.45, 7) is 2.85. The molecule has 0 aromatic carbocycles. The Bertz CT molecular complexity index is 300. The third kappa shape index (κ3) is 2.28. The number of carbonyl (C=O) groups is 2. The number of nitrogens with zero attached hydrogens (tertiary/aromatic N) is 1. The van der Waals surface area contributed by atoms with Gasteiger partial charge in [-0.05, 0) is 18.8 Å². The van der Waals surface area contributed by atoms with Gasteiger partial charge in [0.05, 0.1) is 5.92 Å². The monoisotopic (exact) mass is 226 g/mol. The lowest BCUT2D eigenvalue weighted by Crippen LogP contribution is -2.56. The van der Waals surface area contributed by atoms with Crippen molar-refractivity contribution in [3.05, 3.63) is 0 Å². The van der Waals surface area contributed by atoms with Crippen molar-refractivity contribution in [2.45, 2.75) is 32.2 Å². The van der Waals surface area contributed by atoms with Crippen LogP contribution in [0.1, 0.15) is 26.2 Å². The summed E-state index contributed by atoms with van der Waals surface area (Å²) in [5.41, 5.74) is 0. The van der Waals surface area contributed by atoms with Gasteiger partial charge < -0.3 is 15.3 Å². The number of hydrogen-bond acceptors (Lipinski definition) is 2. The van der Waals surface area contributed by atoms with E-state index in [1.54, 1.807) is 4.90 Å². The standard InChI is InChI=1S/C11H18N2O3/c1-2-3-7-4-9(7)12-11(16)13-5-8(6-13)10(14)15/h7-9H,2-6H2,1H3,(H,12,16)(H,14,15). The molecule has 2 rings (SSSR count). The summed E-state index contributed by atoms with van der Waals surface area (Å²) in [6.07, 6.45) is 3.40. The average molecular weight is 226 g/mol. The van der Waals surface area contributed by atoms with Crippen LogP contribution in [0.2, 0.25) is 0 Å². The molecule has 1 aliphatic heterocycles. The maximum Gasteiger partial charge on any atom is 0.317 e. The fraction of sp³-hybridized carbons (Fsp3) is 0.818. The molecular formula is C11H18N2O3. The highest BCUT2D eigenvalue weighted by Crippen LogP contribution is 2.34. The summed E-state index contributed by atoms with van der Waals surface area (Å²) in [5.74, 6) is -0.527. The van der Waals surface area contributed by atoms with E-state index in [1.165, 1.54) is 6.42 Å². The molecule has 0 aromatic rings. The Morgan fingerprint density at radius 1 is 1.44 bits per heavy atom. The number of rotatable bonds is 4. The Kier molecular flexibility index (Phi) is 3.03. The largest absolute Gasteiger partial charge is 0.481 e. The molecule has 0 radical (unpaired) electrons. The van der Waals surface area contributed by atoms with Crippen LogP contribution < -0.4 is 5.32 Å². The van der Waals surface area contributed by atoms with Gasteiger partial charge in [-0.2, -0.15) is 0 Å². The third-order valence-electron chi connectivity index (χ3n) is 3.41. The van der Waals surface area contributed by atoms with Crippen molar-refractivity contribution in [1.29, 1.82) is 0 Å². The molecule has 90 valence electrons. The number of nitrogens with one attached hydrogen (secondary N) is 1. The van der Waals surface area contributed by atoms with Crippen LogP contribution in [0.25, 0.3) is 0 Å². The van der Waals surface area contributed by atoms with E-state index >= 15 is 0 Å². The van der Waals surface area contributed by atoms with Gasteiger partial charge in [-0.25, -0.2) is 4.79 Å². The van der Waals surface area contributed by atoms with Crippen LogP contribution >= 0.6 is 0 Å². The molecule has 2 fully saturated rings. The molecule has 0 bridgehead atoms. The quantitative estimate of drug-likeness (QED) is 0.748. The maximum atomic E-state index is 11.6. The zero-order valence-electron chi connectivity index (χ0n) is 9.48. The second-order valence-electron chi connectivity index (χ2n) is 4.78. The van der Waals surface area contributed by atoms with E-state index in [4.69, 9.17) is 5.11 Å². The first-order valence-electron chi connectivity index (χ1n) is 5.90. The fourth-order valence-corrected chi connectivity index (χ4v) is 2.16. The second-order valence-corrected chi connectivity index (χ2v) is 4.78. The van der Waals surface area contributed by atoms with Gasteiger partial charge in [-0.1, -0.05) is 13.3 Å².